The zero-order valence-electron chi connectivity index (χ0n) is 8.55. The van der Waals surface area contributed by atoms with E-state index in [1.54, 1.807) is 6.20 Å². The molecular weight excluding hydrogens is 242 g/mol. The number of pyridine rings is 1. The molecule has 1 rings (SSSR count). The summed E-state index contributed by atoms with van der Waals surface area (Å²) in [5.41, 5.74) is 6.26. The molecule has 0 spiro atoms. The van der Waals surface area contributed by atoms with Crippen molar-refractivity contribution in [2.75, 3.05) is 17.6 Å². The lowest BCUT2D eigenvalue weighted by atomic mass is 10.1. The van der Waals surface area contributed by atoms with Gasteiger partial charge in [0, 0.05) is 6.54 Å². The second kappa shape index (κ2) is 5.20. The maximum atomic E-state index is 5.59. The zero-order valence-corrected chi connectivity index (χ0v) is 10.1. The first-order valence-electron chi connectivity index (χ1n) is 4.78. The Balaban J connectivity index is 2.59. The van der Waals surface area contributed by atoms with Crippen molar-refractivity contribution in [3.63, 3.8) is 0 Å². The molecule has 3 N–H and O–H groups in total. The number of hydrogen-bond acceptors (Lipinski definition) is 3. The third-order valence-corrected chi connectivity index (χ3v) is 2.78. The summed E-state index contributed by atoms with van der Waals surface area (Å²) in [6.07, 6.45) is 2.82. The molecule has 0 aromatic carbocycles. The van der Waals surface area contributed by atoms with Crippen molar-refractivity contribution in [3.05, 3.63) is 16.7 Å². The predicted octanol–water partition coefficient (Wildman–Crippen LogP) is 2.88. The Morgan fingerprint density at radius 1 is 1.64 bits per heavy atom. The topological polar surface area (TPSA) is 50.9 Å². The van der Waals surface area contributed by atoms with Crippen LogP contribution in [0.25, 0.3) is 0 Å². The summed E-state index contributed by atoms with van der Waals surface area (Å²) >= 11 is 3.41. The van der Waals surface area contributed by atoms with Gasteiger partial charge in [-0.15, -0.1) is 0 Å². The number of hydrogen-bond donors (Lipinski definition) is 2. The van der Waals surface area contributed by atoms with Crippen LogP contribution in [0.4, 0.5) is 11.5 Å². The molecule has 78 valence electrons. The Morgan fingerprint density at radius 2 is 2.36 bits per heavy atom. The summed E-state index contributed by atoms with van der Waals surface area (Å²) in [4.78, 5) is 4.20. The summed E-state index contributed by atoms with van der Waals surface area (Å²) < 4.78 is 0.917. The number of halogens is 1. The Morgan fingerprint density at radius 3 is 2.93 bits per heavy atom. The second-order valence-corrected chi connectivity index (χ2v) is 4.35. The highest BCUT2D eigenvalue weighted by Gasteiger charge is 2.03. The molecule has 0 fully saturated rings. The Labute approximate surface area is 93.2 Å². The van der Waals surface area contributed by atoms with Gasteiger partial charge in [-0.05, 0) is 27.9 Å². The first-order valence-corrected chi connectivity index (χ1v) is 5.57. The smallest absolute Gasteiger partial charge is 0.140 e. The monoisotopic (exact) mass is 257 g/mol. The summed E-state index contributed by atoms with van der Waals surface area (Å²) in [6, 6.07) is 1.85. The molecule has 1 unspecified atom stereocenters. The highest BCUT2D eigenvalue weighted by atomic mass is 79.9. The Hall–Kier alpha value is -0.770. The van der Waals surface area contributed by atoms with E-state index in [2.05, 4.69) is 40.1 Å². The van der Waals surface area contributed by atoms with Crippen LogP contribution in [-0.4, -0.2) is 11.5 Å². The highest BCUT2D eigenvalue weighted by Crippen LogP contribution is 2.21. The second-order valence-electron chi connectivity index (χ2n) is 3.49. The molecular formula is C10H16BrN3. The summed E-state index contributed by atoms with van der Waals surface area (Å²) in [7, 11) is 0. The standard InChI is InChI=1S/C10H16BrN3/c1-3-7(2)5-13-10-9(11)4-8(12)6-14-10/h4,6-7H,3,5,12H2,1-2H3,(H,13,14). The van der Waals surface area contributed by atoms with Gasteiger partial charge in [-0.3, -0.25) is 0 Å². The van der Waals surface area contributed by atoms with Gasteiger partial charge in [-0.2, -0.15) is 0 Å². The first kappa shape index (κ1) is 11.3. The molecule has 0 saturated carbocycles. The molecule has 0 amide bonds. The van der Waals surface area contributed by atoms with Crippen LogP contribution in [0.2, 0.25) is 0 Å². The fourth-order valence-electron chi connectivity index (χ4n) is 0.998. The molecule has 3 nitrogen and oxygen atoms in total. The normalized spacial score (nSPS) is 12.5. The van der Waals surface area contributed by atoms with E-state index in [0.717, 1.165) is 16.8 Å². The van der Waals surface area contributed by atoms with Gasteiger partial charge in [0.1, 0.15) is 5.82 Å². The molecule has 0 aliphatic heterocycles. The van der Waals surface area contributed by atoms with Gasteiger partial charge < -0.3 is 11.1 Å². The van der Waals surface area contributed by atoms with Crippen molar-refractivity contribution < 1.29 is 0 Å². The average molecular weight is 258 g/mol. The van der Waals surface area contributed by atoms with E-state index in [1.165, 1.54) is 6.42 Å². The largest absolute Gasteiger partial charge is 0.397 e. The van der Waals surface area contributed by atoms with Crippen molar-refractivity contribution in [2.24, 2.45) is 5.92 Å². The molecule has 0 saturated heterocycles. The van der Waals surface area contributed by atoms with E-state index >= 15 is 0 Å². The van der Waals surface area contributed by atoms with Gasteiger partial charge in [-0.25, -0.2) is 4.98 Å². The van der Waals surface area contributed by atoms with E-state index in [-0.39, 0.29) is 0 Å². The summed E-state index contributed by atoms with van der Waals surface area (Å²) in [5.74, 6) is 1.51. The number of nitrogens with two attached hydrogens (primary N) is 1. The van der Waals surface area contributed by atoms with E-state index in [0.29, 0.717) is 11.6 Å². The van der Waals surface area contributed by atoms with Gasteiger partial charge in [0.15, 0.2) is 0 Å². The predicted molar refractivity (Wildman–Crippen MR) is 64.3 cm³/mol. The third-order valence-electron chi connectivity index (χ3n) is 2.18. The molecule has 0 radical (unpaired) electrons. The van der Waals surface area contributed by atoms with Crippen LogP contribution in [0, 0.1) is 5.92 Å². The van der Waals surface area contributed by atoms with Gasteiger partial charge in [0.25, 0.3) is 0 Å². The molecule has 1 aromatic rings. The number of aromatic nitrogens is 1. The van der Waals surface area contributed by atoms with Crippen molar-refractivity contribution in [1.82, 2.24) is 4.98 Å². The number of rotatable bonds is 4. The Kier molecular flexibility index (Phi) is 4.20. The lowest BCUT2D eigenvalue weighted by Crippen LogP contribution is -2.11. The van der Waals surface area contributed by atoms with E-state index in [1.807, 2.05) is 6.07 Å². The van der Waals surface area contributed by atoms with Crippen molar-refractivity contribution >= 4 is 27.4 Å². The van der Waals surface area contributed by atoms with Crippen LogP contribution >= 0.6 is 15.9 Å². The molecule has 1 atom stereocenters. The van der Waals surface area contributed by atoms with Gasteiger partial charge in [0.05, 0.1) is 16.4 Å². The van der Waals surface area contributed by atoms with Crippen molar-refractivity contribution in [2.45, 2.75) is 20.3 Å². The molecule has 0 aliphatic carbocycles. The number of nitrogen functional groups attached to an aromatic ring is 1. The van der Waals surface area contributed by atoms with Crippen LogP contribution in [0.15, 0.2) is 16.7 Å². The highest BCUT2D eigenvalue weighted by molar-refractivity contribution is 9.10. The number of nitrogens with one attached hydrogen (secondary N) is 1. The van der Waals surface area contributed by atoms with E-state index < -0.39 is 0 Å². The summed E-state index contributed by atoms with van der Waals surface area (Å²) in [5, 5.41) is 3.28. The van der Waals surface area contributed by atoms with Crippen LogP contribution < -0.4 is 11.1 Å². The lowest BCUT2D eigenvalue weighted by Gasteiger charge is -2.11. The van der Waals surface area contributed by atoms with Gasteiger partial charge in [0.2, 0.25) is 0 Å². The molecule has 0 aliphatic rings. The summed E-state index contributed by atoms with van der Waals surface area (Å²) in [6.45, 7) is 5.32. The SMILES string of the molecule is CCC(C)CNc1ncc(N)cc1Br. The van der Waals surface area contributed by atoms with Crippen LogP contribution in [0.5, 0.6) is 0 Å². The van der Waals surface area contributed by atoms with Gasteiger partial charge >= 0.3 is 0 Å². The van der Waals surface area contributed by atoms with E-state index in [4.69, 9.17) is 5.73 Å². The molecule has 1 aromatic heterocycles. The average Bonchev–Trinajstić information content (AvgIpc) is 2.16. The Bertz CT molecular complexity index is 301. The van der Waals surface area contributed by atoms with Gasteiger partial charge in [-0.1, -0.05) is 20.3 Å². The molecule has 0 bridgehead atoms. The zero-order chi connectivity index (χ0) is 10.6. The fraction of sp³-hybridized carbons (Fsp3) is 0.500. The van der Waals surface area contributed by atoms with Crippen LogP contribution in [0.1, 0.15) is 20.3 Å². The maximum Gasteiger partial charge on any atom is 0.140 e. The third kappa shape index (κ3) is 3.18. The fourth-order valence-corrected chi connectivity index (χ4v) is 1.50. The van der Waals surface area contributed by atoms with Crippen molar-refractivity contribution in [1.29, 1.82) is 0 Å². The van der Waals surface area contributed by atoms with E-state index in [9.17, 15) is 0 Å². The first-order chi connectivity index (χ1) is 6.63. The van der Waals surface area contributed by atoms with Crippen LogP contribution in [-0.2, 0) is 0 Å². The quantitative estimate of drug-likeness (QED) is 0.873. The maximum absolute atomic E-state index is 5.59. The minimum atomic E-state index is 0.654. The lowest BCUT2D eigenvalue weighted by molar-refractivity contribution is 0.592. The van der Waals surface area contributed by atoms with Crippen LogP contribution in [0.3, 0.4) is 0 Å². The number of nitrogens with zero attached hydrogens (tertiary/aromatic N) is 1. The number of anilines is 2. The molecule has 1 heterocycles. The minimum absolute atomic E-state index is 0.654. The molecule has 14 heavy (non-hydrogen) atoms. The van der Waals surface area contributed by atoms with Crippen molar-refractivity contribution in [3.8, 4) is 0 Å². The molecule has 4 heteroatoms. The minimum Gasteiger partial charge on any atom is -0.397 e.